The summed E-state index contributed by atoms with van der Waals surface area (Å²) < 4.78 is 64.0. The van der Waals surface area contributed by atoms with Gasteiger partial charge in [-0.15, -0.1) is 0 Å². The highest BCUT2D eigenvalue weighted by molar-refractivity contribution is 5.93. The van der Waals surface area contributed by atoms with Crippen molar-refractivity contribution >= 4 is 11.7 Å². The third kappa shape index (κ3) is 4.95. The summed E-state index contributed by atoms with van der Waals surface area (Å²) in [6, 6.07) is 9.23. The molecule has 2 atom stereocenters. The number of carbonyl (C=O) groups excluding carboxylic acids is 1. The van der Waals surface area contributed by atoms with Crippen LogP contribution in [0.25, 0.3) is 0 Å². The van der Waals surface area contributed by atoms with E-state index in [-0.39, 0.29) is 31.3 Å². The summed E-state index contributed by atoms with van der Waals surface area (Å²) in [6.07, 6.45) is -4.37. The predicted molar refractivity (Wildman–Crippen MR) is 126 cm³/mol. The van der Waals surface area contributed by atoms with Crippen LogP contribution in [-0.4, -0.2) is 49.4 Å². The summed E-state index contributed by atoms with van der Waals surface area (Å²) in [5.41, 5.74) is 1.41. The van der Waals surface area contributed by atoms with E-state index >= 15 is 0 Å². The minimum Gasteiger partial charge on any atom is -0.493 e. The second-order valence-electron chi connectivity index (χ2n) is 8.66. The topological polar surface area (TPSA) is 95.9 Å². The van der Waals surface area contributed by atoms with E-state index in [0.29, 0.717) is 35.0 Å². The van der Waals surface area contributed by atoms with Crippen molar-refractivity contribution in [2.45, 2.75) is 31.1 Å². The Balaban J connectivity index is 1.30. The molecule has 0 saturated carbocycles. The van der Waals surface area contributed by atoms with Crippen molar-refractivity contribution in [2.75, 3.05) is 32.9 Å². The Morgan fingerprint density at radius 1 is 1.11 bits per heavy atom. The Morgan fingerprint density at radius 3 is 2.65 bits per heavy atom. The molecule has 3 aromatic rings. The molecule has 3 heterocycles. The van der Waals surface area contributed by atoms with Gasteiger partial charge in [0.15, 0.2) is 34.7 Å². The summed E-state index contributed by atoms with van der Waals surface area (Å²) in [7, 11) is 3.07. The van der Waals surface area contributed by atoms with Crippen molar-refractivity contribution in [3.63, 3.8) is 0 Å². The molecule has 2 aliphatic heterocycles. The fraction of sp³-hybridized carbons (Fsp3) is 0.360. The average molecular weight is 518 g/mol. The first kappa shape index (κ1) is 24.6. The van der Waals surface area contributed by atoms with Gasteiger partial charge in [0.05, 0.1) is 20.3 Å². The summed E-state index contributed by atoms with van der Waals surface area (Å²) in [6.45, 7) is 0.325. The number of halogens is 3. The van der Waals surface area contributed by atoms with E-state index in [9.17, 15) is 18.0 Å². The highest BCUT2D eigenvalue weighted by Crippen LogP contribution is 2.45. The summed E-state index contributed by atoms with van der Waals surface area (Å²) >= 11 is 0. The van der Waals surface area contributed by atoms with Gasteiger partial charge >= 0.3 is 6.18 Å². The number of aromatic nitrogens is 2. The van der Waals surface area contributed by atoms with Gasteiger partial charge in [0, 0.05) is 19.0 Å². The number of anilines is 1. The van der Waals surface area contributed by atoms with Crippen LogP contribution in [0.2, 0.25) is 0 Å². The molecule has 0 saturated heterocycles. The number of nitrogens with zero attached hydrogens (tertiary/aromatic N) is 2. The van der Waals surface area contributed by atoms with Gasteiger partial charge in [-0.1, -0.05) is 12.1 Å². The molecule has 0 aliphatic carbocycles. The molecule has 1 aromatic heterocycles. The summed E-state index contributed by atoms with van der Waals surface area (Å²) in [4.78, 5) is 12.7. The molecule has 196 valence electrons. The fourth-order valence-electron chi connectivity index (χ4n) is 4.48. The number of benzene rings is 2. The van der Waals surface area contributed by atoms with Crippen molar-refractivity contribution in [3.05, 3.63) is 59.3 Å². The average Bonchev–Trinajstić information content (AvgIpc) is 3.53. The van der Waals surface area contributed by atoms with Crippen molar-refractivity contribution < 1.29 is 36.9 Å². The van der Waals surface area contributed by atoms with E-state index in [4.69, 9.17) is 18.9 Å². The largest absolute Gasteiger partial charge is 0.493 e. The van der Waals surface area contributed by atoms with Crippen LogP contribution < -0.4 is 29.6 Å². The number of amides is 1. The third-order valence-corrected chi connectivity index (χ3v) is 6.37. The number of alkyl halides is 3. The smallest absolute Gasteiger partial charge is 0.410 e. The molecule has 0 spiro atoms. The number of hydrogen-bond acceptors (Lipinski definition) is 7. The minimum absolute atomic E-state index is 0.0688. The van der Waals surface area contributed by atoms with Crippen LogP contribution in [0.15, 0.2) is 42.5 Å². The molecule has 0 fully saturated rings. The zero-order chi connectivity index (χ0) is 26.2. The van der Waals surface area contributed by atoms with Gasteiger partial charge in [0.2, 0.25) is 6.79 Å². The molecule has 5 rings (SSSR count). The summed E-state index contributed by atoms with van der Waals surface area (Å²) in [5.74, 6) is 1.73. The fourth-order valence-corrected chi connectivity index (χ4v) is 4.48. The number of hydrogen-bond donors (Lipinski definition) is 2. The van der Waals surface area contributed by atoms with Gasteiger partial charge in [-0.3, -0.25) is 4.79 Å². The van der Waals surface area contributed by atoms with Crippen LogP contribution in [0, 0.1) is 0 Å². The highest BCUT2D eigenvalue weighted by atomic mass is 19.4. The van der Waals surface area contributed by atoms with Crippen molar-refractivity contribution in [1.82, 2.24) is 15.1 Å². The van der Waals surface area contributed by atoms with Gasteiger partial charge in [-0.25, -0.2) is 4.68 Å². The molecular weight excluding hydrogens is 493 g/mol. The number of carbonyl (C=O) groups is 1. The normalized spacial score (nSPS) is 18.1. The molecule has 0 radical (unpaired) electrons. The predicted octanol–water partition coefficient (Wildman–Crippen LogP) is 4.26. The summed E-state index contributed by atoms with van der Waals surface area (Å²) in [5, 5.41) is 9.81. The van der Waals surface area contributed by atoms with Crippen LogP contribution in [-0.2, 0) is 6.42 Å². The standard InChI is InChI=1S/C25H25F3N4O5/c1-34-18-5-3-14(9-20(18)35-2)7-8-29-24(33)17-12-23-30-16(11-22(25(26,27)28)32(23)31-17)15-4-6-19-21(10-15)37-13-36-19/h3-6,9-10,12,16,22,30H,7-8,11,13H2,1-2H3,(H,29,33)/t16-,22-/m1/s1. The second kappa shape index (κ2) is 9.75. The molecule has 9 nitrogen and oxygen atoms in total. The lowest BCUT2D eigenvalue weighted by Crippen LogP contribution is -2.35. The first-order valence-electron chi connectivity index (χ1n) is 11.6. The highest BCUT2D eigenvalue weighted by Gasteiger charge is 2.47. The minimum atomic E-state index is -4.56. The zero-order valence-electron chi connectivity index (χ0n) is 20.1. The van der Waals surface area contributed by atoms with E-state index in [1.165, 1.54) is 20.3 Å². The number of ether oxygens (including phenoxy) is 4. The lowest BCUT2D eigenvalue weighted by Gasteiger charge is -2.33. The van der Waals surface area contributed by atoms with Crippen LogP contribution in [0.1, 0.15) is 40.1 Å². The maximum Gasteiger partial charge on any atom is 0.410 e. The van der Waals surface area contributed by atoms with E-state index in [0.717, 1.165) is 10.2 Å². The molecule has 2 aromatic carbocycles. The SMILES string of the molecule is COc1ccc(CCNC(=O)c2cc3n(n2)[C@@H](C(F)(F)F)C[C@H](c2ccc4c(c2)OCO4)N3)cc1OC. The van der Waals surface area contributed by atoms with Crippen LogP contribution in [0.4, 0.5) is 19.0 Å². The van der Waals surface area contributed by atoms with Gasteiger partial charge in [-0.2, -0.15) is 18.3 Å². The number of fused-ring (bicyclic) bond motifs is 2. The monoisotopic (exact) mass is 518 g/mol. The Hall–Kier alpha value is -4.09. The van der Waals surface area contributed by atoms with E-state index in [2.05, 4.69) is 15.7 Å². The van der Waals surface area contributed by atoms with Crippen LogP contribution in [0.3, 0.4) is 0 Å². The molecule has 2 aliphatic rings. The lowest BCUT2D eigenvalue weighted by molar-refractivity contribution is -0.173. The van der Waals surface area contributed by atoms with Gasteiger partial charge in [-0.05, 0) is 41.8 Å². The van der Waals surface area contributed by atoms with Gasteiger partial charge < -0.3 is 29.6 Å². The maximum atomic E-state index is 14.0. The zero-order valence-corrected chi connectivity index (χ0v) is 20.1. The Kier molecular flexibility index (Phi) is 6.48. The molecular formula is C25H25F3N4O5. The quantitative estimate of drug-likeness (QED) is 0.483. The number of nitrogens with one attached hydrogen (secondary N) is 2. The van der Waals surface area contributed by atoms with Gasteiger partial charge in [0.25, 0.3) is 5.91 Å². The van der Waals surface area contributed by atoms with E-state index in [1.807, 2.05) is 6.07 Å². The van der Waals surface area contributed by atoms with Crippen LogP contribution >= 0.6 is 0 Å². The number of rotatable bonds is 7. The van der Waals surface area contributed by atoms with E-state index < -0.39 is 24.2 Å². The first-order chi connectivity index (χ1) is 17.8. The Morgan fingerprint density at radius 2 is 1.89 bits per heavy atom. The first-order valence-corrected chi connectivity index (χ1v) is 11.6. The number of methoxy groups -OCH3 is 2. The van der Waals surface area contributed by atoms with Gasteiger partial charge in [0.1, 0.15) is 5.82 Å². The lowest BCUT2D eigenvalue weighted by atomic mass is 9.96. The molecule has 37 heavy (non-hydrogen) atoms. The molecule has 1 amide bonds. The van der Waals surface area contributed by atoms with Crippen LogP contribution in [0.5, 0.6) is 23.0 Å². The molecule has 2 N–H and O–H groups in total. The molecule has 0 bridgehead atoms. The van der Waals surface area contributed by atoms with E-state index in [1.54, 1.807) is 30.3 Å². The molecule has 0 unspecified atom stereocenters. The third-order valence-electron chi connectivity index (χ3n) is 6.37. The maximum absolute atomic E-state index is 14.0. The molecule has 12 heteroatoms. The van der Waals surface area contributed by atoms with Crippen molar-refractivity contribution in [3.8, 4) is 23.0 Å². The van der Waals surface area contributed by atoms with Crippen molar-refractivity contribution in [1.29, 1.82) is 0 Å². The Bertz CT molecular complexity index is 1310. The Labute approximate surface area is 210 Å². The van der Waals surface area contributed by atoms with Crippen molar-refractivity contribution in [2.24, 2.45) is 0 Å². The second-order valence-corrected chi connectivity index (χ2v) is 8.66.